The molecule has 1 aliphatic rings. The van der Waals surface area contributed by atoms with E-state index in [4.69, 9.17) is 4.74 Å². The molecule has 6 heteroatoms. The largest absolute Gasteiger partial charge is 0.497 e. The van der Waals surface area contributed by atoms with Gasteiger partial charge in [0, 0.05) is 13.1 Å². The van der Waals surface area contributed by atoms with Gasteiger partial charge in [0.1, 0.15) is 5.75 Å². The molecule has 1 aromatic rings. The quantitative estimate of drug-likeness (QED) is 0.898. The van der Waals surface area contributed by atoms with Crippen molar-refractivity contribution in [2.75, 3.05) is 33.8 Å². The fourth-order valence-electron chi connectivity index (χ4n) is 2.82. The maximum Gasteiger partial charge on any atom is 0.243 e. The zero-order chi connectivity index (χ0) is 15.5. The Morgan fingerprint density at radius 3 is 2.52 bits per heavy atom. The fraction of sp³-hybridized carbons (Fsp3) is 0.600. The van der Waals surface area contributed by atoms with Gasteiger partial charge in [0.25, 0.3) is 0 Å². The second kappa shape index (κ2) is 6.77. The van der Waals surface area contributed by atoms with Crippen LogP contribution in [-0.2, 0) is 10.0 Å². The van der Waals surface area contributed by atoms with Crippen LogP contribution in [0.3, 0.4) is 0 Å². The van der Waals surface area contributed by atoms with Crippen molar-refractivity contribution in [2.24, 2.45) is 5.92 Å². The third kappa shape index (κ3) is 3.56. The minimum Gasteiger partial charge on any atom is -0.497 e. The molecule has 1 saturated heterocycles. The number of nitrogens with zero attached hydrogens (tertiary/aromatic N) is 1. The van der Waals surface area contributed by atoms with Gasteiger partial charge in [-0.2, -0.15) is 4.31 Å². The van der Waals surface area contributed by atoms with Gasteiger partial charge in [-0.25, -0.2) is 8.42 Å². The Bertz CT molecular complexity index is 579. The van der Waals surface area contributed by atoms with Crippen LogP contribution in [0.1, 0.15) is 18.4 Å². The molecule has 2 rings (SSSR count). The van der Waals surface area contributed by atoms with Crippen LogP contribution in [0.25, 0.3) is 0 Å². The molecular formula is C15H24N2O3S. The summed E-state index contributed by atoms with van der Waals surface area (Å²) in [6, 6.07) is 5.11. The Kier molecular flexibility index (Phi) is 5.24. The van der Waals surface area contributed by atoms with E-state index in [2.05, 4.69) is 5.32 Å². The molecule has 1 fully saturated rings. The summed E-state index contributed by atoms with van der Waals surface area (Å²) in [6.07, 6.45) is 1.82. The van der Waals surface area contributed by atoms with Gasteiger partial charge in [-0.15, -0.1) is 0 Å². The Labute approximate surface area is 127 Å². The van der Waals surface area contributed by atoms with Gasteiger partial charge < -0.3 is 10.1 Å². The lowest BCUT2D eigenvalue weighted by Crippen LogP contribution is -2.40. The average molecular weight is 312 g/mol. The lowest BCUT2D eigenvalue weighted by Gasteiger charge is -2.31. The van der Waals surface area contributed by atoms with E-state index in [0.717, 1.165) is 24.9 Å². The SMILES string of the molecule is CNCC1CCN(S(=O)(=O)c2ccc(OC)cc2C)CC1. The van der Waals surface area contributed by atoms with Crippen molar-refractivity contribution in [3.8, 4) is 5.75 Å². The Hall–Kier alpha value is -1.11. The molecule has 0 aliphatic carbocycles. The Balaban J connectivity index is 2.16. The molecule has 0 saturated carbocycles. The number of rotatable bonds is 5. The standard InChI is InChI=1S/C15H24N2O3S/c1-12-10-14(20-3)4-5-15(12)21(18,19)17-8-6-13(7-9-17)11-16-2/h4-5,10,13,16H,6-9,11H2,1-3H3. The number of sulfonamides is 1. The van der Waals surface area contributed by atoms with Crippen LogP contribution in [0.2, 0.25) is 0 Å². The van der Waals surface area contributed by atoms with Crippen molar-refractivity contribution in [2.45, 2.75) is 24.7 Å². The van der Waals surface area contributed by atoms with Crippen LogP contribution in [0.4, 0.5) is 0 Å². The molecule has 0 spiro atoms. The molecule has 0 atom stereocenters. The van der Waals surface area contributed by atoms with Gasteiger partial charge >= 0.3 is 0 Å². The van der Waals surface area contributed by atoms with Crippen LogP contribution in [0, 0.1) is 12.8 Å². The van der Waals surface area contributed by atoms with Crippen LogP contribution >= 0.6 is 0 Å². The first-order valence-corrected chi connectivity index (χ1v) is 8.72. The summed E-state index contributed by atoms with van der Waals surface area (Å²) in [4.78, 5) is 0.385. The van der Waals surface area contributed by atoms with Crippen molar-refractivity contribution in [3.05, 3.63) is 23.8 Å². The first-order valence-electron chi connectivity index (χ1n) is 7.28. The summed E-state index contributed by atoms with van der Waals surface area (Å²) in [5, 5.41) is 3.16. The third-order valence-corrected chi connectivity index (χ3v) is 6.13. The lowest BCUT2D eigenvalue weighted by atomic mass is 9.98. The highest BCUT2D eigenvalue weighted by atomic mass is 32.2. The van der Waals surface area contributed by atoms with E-state index in [1.165, 1.54) is 0 Å². The maximum absolute atomic E-state index is 12.7. The number of ether oxygens (including phenoxy) is 1. The van der Waals surface area contributed by atoms with Crippen LogP contribution < -0.4 is 10.1 Å². The minimum absolute atomic E-state index is 0.385. The second-order valence-electron chi connectivity index (χ2n) is 5.54. The van der Waals surface area contributed by atoms with Gasteiger partial charge in [0.2, 0.25) is 10.0 Å². The third-order valence-electron chi connectivity index (χ3n) is 4.07. The van der Waals surface area contributed by atoms with Gasteiger partial charge in [-0.3, -0.25) is 0 Å². The molecule has 0 unspecified atom stereocenters. The molecular weight excluding hydrogens is 288 g/mol. The Morgan fingerprint density at radius 1 is 1.33 bits per heavy atom. The van der Waals surface area contributed by atoms with Crippen molar-refractivity contribution in [1.29, 1.82) is 0 Å². The van der Waals surface area contributed by atoms with Crippen molar-refractivity contribution in [1.82, 2.24) is 9.62 Å². The van der Waals surface area contributed by atoms with E-state index in [9.17, 15) is 8.42 Å². The molecule has 1 aliphatic heterocycles. The predicted molar refractivity (Wildman–Crippen MR) is 83.1 cm³/mol. The molecule has 1 aromatic carbocycles. The van der Waals surface area contributed by atoms with Gasteiger partial charge in [-0.1, -0.05) is 0 Å². The molecule has 5 nitrogen and oxygen atoms in total. The molecule has 0 amide bonds. The van der Waals surface area contributed by atoms with E-state index in [1.54, 1.807) is 29.6 Å². The fourth-order valence-corrected chi connectivity index (χ4v) is 4.50. The van der Waals surface area contributed by atoms with E-state index in [1.807, 2.05) is 14.0 Å². The number of hydrogen-bond acceptors (Lipinski definition) is 4. The van der Waals surface area contributed by atoms with Gasteiger partial charge in [0.05, 0.1) is 12.0 Å². The summed E-state index contributed by atoms with van der Waals surface area (Å²) in [5.74, 6) is 1.25. The summed E-state index contributed by atoms with van der Waals surface area (Å²) in [6.45, 7) is 3.96. The summed E-state index contributed by atoms with van der Waals surface area (Å²) in [7, 11) is 0.115. The number of nitrogens with one attached hydrogen (secondary N) is 1. The first-order chi connectivity index (χ1) is 9.98. The highest BCUT2D eigenvalue weighted by Gasteiger charge is 2.30. The van der Waals surface area contributed by atoms with E-state index in [0.29, 0.717) is 29.7 Å². The van der Waals surface area contributed by atoms with Crippen LogP contribution in [-0.4, -0.2) is 46.5 Å². The highest BCUT2D eigenvalue weighted by molar-refractivity contribution is 7.89. The summed E-state index contributed by atoms with van der Waals surface area (Å²) < 4.78 is 32.2. The molecule has 21 heavy (non-hydrogen) atoms. The highest BCUT2D eigenvalue weighted by Crippen LogP contribution is 2.27. The molecule has 0 aromatic heterocycles. The maximum atomic E-state index is 12.7. The smallest absolute Gasteiger partial charge is 0.243 e. The normalized spacial score (nSPS) is 17.9. The minimum atomic E-state index is -3.40. The second-order valence-corrected chi connectivity index (χ2v) is 7.44. The molecule has 0 bridgehead atoms. The number of methoxy groups -OCH3 is 1. The average Bonchev–Trinajstić information content (AvgIpc) is 2.47. The lowest BCUT2D eigenvalue weighted by molar-refractivity contribution is 0.270. The zero-order valence-corrected chi connectivity index (χ0v) is 13.7. The summed E-state index contributed by atoms with van der Waals surface area (Å²) in [5.41, 5.74) is 0.728. The summed E-state index contributed by atoms with van der Waals surface area (Å²) >= 11 is 0. The van der Waals surface area contributed by atoms with Crippen LogP contribution in [0.5, 0.6) is 5.75 Å². The number of aryl methyl sites for hydroxylation is 1. The Morgan fingerprint density at radius 2 is 2.00 bits per heavy atom. The van der Waals surface area contributed by atoms with Crippen LogP contribution in [0.15, 0.2) is 23.1 Å². The first kappa shape index (κ1) is 16.3. The predicted octanol–water partition coefficient (Wildman–Crippen LogP) is 1.62. The monoisotopic (exact) mass is 312 g/mol. The molecule has 0 radical (unpaired) electrons. The van der Waals surface area contributed by atoms with E-state index in [-0.39, 0.29) is 0 Å². The van der Waals surface area contributed by atoms with Gasteiger partial charge in [-0.05, 0) is 63.0 Å². The zero-order valence-electron chi connectivity index (χ0n) is 12.9. The van der Waals surface area contributed by atoms with Gasteiger partial charge in [0.15, 0.2) is 0 Å². The number of piperidine rings is 1. The van der Waals surface area contributed by atoms with E-state index >= 15 is 0 Å². The van der Waals surface area contributed by atoms with E-state index < -0.39 is 10.0 Å². The van der Waals surface area contributed by atoms with Crippen molar-refractivity contribution in [3.63, 3.8) is 0 Å². The van der Waals surface area contributed by atoms with Crippen molar-refractivity contribution >= 4 is 10.0 Å². The number of hydrogen-bond donors (Lipinski definition) is 1. The molecule has 1 heterocycles. The topological polar surface area (TPSA) is 58.6 Å². The number of benzene rings is 1. The molecule has 1 N–H and O–H groups in total. The van der Waals surface area contributed by atoms with Crippen molar-refractivity contribution < 1.29 is 13.2 Å². The molecule has 118 valence electrons.